The monoisotopic (exact) mass is 293 g/mol. The fourth-order valence-electron chi connectivity index (χ4n) is 2.07. The molecule has 0 heterocycles. The van der Waals surface area contributed by atoms with Gasteiger partial charge in [-0.25, -0.2) is 8.78 Å². The number of hydrogen-bond donors (Lipinski definition) is 2. The Hall–Kier alpha value is -1.98. The van der Waals surface area contributed by atoms with E-state index >= 15 is 0 Å². The maximum Gasteiger partial charge on any atom is 0.131 e. The average Bonchev–Trinajstić information content (AvgIpc) is 2.47. The number of nitrogens with one attached hydrogen (secondary N) is 1. The molecule has 5 heteroatoms. The van der Waals surface area contributed by atoms with Crippen molar-refractivity contribution in [2.45, 2.75) is 12.6 Å². The van der Waals surface area contributed by atoms with E-state index in [0.29, 0.717) is 6.54 Å². The summed E-state index contributed by atoms with van der Waals surface area (Å²) in [6.07, 6.45) is -1.24. The Kier molecular flexibility index (Phi) is 5.25. The summed E-state index contributed by atoms with van der Waals surface area (Å²) >= 11 is 0. The highest BCUT2D eigenvalue weighted by molar-refractivity contribution is 5.28. The molecule has 0 aromatic heterocycles. The summed E-state index contributed by atoms with van der Waals surface area (Å²) in [5.41, 5.74) is 0.645. The molecule has 0 fully saturated rings. The van der Waals surface area contributed by atoms with E-state index in [-0.39, 0.29) is 12.1 Å². The molecule has 0 aliphatic rings. The smallest absolute Gasteiger partial charge is 0.131 e. The van der Waals surface area contributed by atoms with Crippen LogP contribution < -0.4 is 10.1 Å². The predicted octanol–water partition coefficient (Wildman–Crippen LogP) is 2.80. The largest absolute Gasteiger partial charge is 0.497 e. The number of ether oxygens (including phenoxy) is 1. The van der Waals surface area contributed by atoms with Gasteiger partial charge in [0.1, 0.15) is 17.4 Å². The first kappa shape index (κ1) is 15.4. The van der Waals surface area contributed by atoms with Gasteiger partial charge in [-0.15, -0.1) is 0 Å². The number of halogens is 2. The van der Waals surface area contributed by atoms with Crippen LogP contribution >= 0.6 is 0 Å². The lowest BCUT2D eigenvalue weighted by molar-refractivity contribution is 0.164. The van der Waals surface area contributed by atoms with Crippen molar-refractivity contribution in [1.29, 1.82) is 0 Å². The van der Waals surface area contributed by atoms with Gasteiger partial charge >= 0.3 is 0 Å². The molecule has 0 amide bonds. The summed E-state index contributed by atoms with van der Waals surface area (Å²) < 4.78 is 32.1. The second-order valence-corrected chi connectivity index (χ2v) is 4.63. The lowest BCUT2D eigenvalue weighted by atomic mass is 10.1. The molecule has 112 valence electrons. The van der Waals surface area contributed by atoms with Crippen LogP contribution in [-0.2, 0) is 6.54 Å². The standard InChI is InChI=1S/C16H17F2NO2/c1-21-12-5-2-4-11(8-12)9-19-10-15(20)16-13(17)6-3-7-14(16)18/h2-8,15,19-20H,9-10H2,1H3. The van der Waals surface area contributed by atoms with E-state index in [1.807, 2.05) is 24.3 Å². The molecule has 3 nitrogen and oxygen atoms in total. The third-order valence-corrected chi connectivity index (χ3v) is 3.13. The van der Waals surface area contributed by atoms with E-state index in [1.54, 1.807) is 7.11 Å². The van der Waals surface area contributed by atoms with Gasteiger partial charge in [-0.3, -0.25) is 0 Å². The van der Waals surface area contributed by atoms with Gasteiger partial charge in [-0.1, -0.05) is 18.2 Å². The molecule has 2 aromatic carbocycles. The van der Waals surface area contributed by atoms with Crippen molar-refractivity contribution in [3.05, 3.63) is 65.2 Å². The van der Waals surface area contributed by atoms with Crippen LogP contribution in [-0.4, -0.2) is 18.8 Å². The number of hydrogen-bond acceptors (Lipinski definition) is 3. The second-order valence-electron chi connectivity index (χ2n) is 4.63. The Morgan fingerprint density at radius 1 is 1.14 bits per heavy atom. The van der Waals surface area contributed by atoms with E-state index in [0.717, 1.165) is 23.4 Å². The summed E-state index contributed by atoms with van der Waals surface area (Å²) in [5, 5.41) is 12.9. The molecular formula is C16H17F2NO2. The first-order chi connectivity index (χ1) is 10.1. The average molecular weight is 293 g/mol. The van der Waals surface area contributed by atoms with Crippen LogP contribution in [0.3, 0.4) is 0 Å². The SMILES string of the molecule is COc1cccc(CNCC(O)c2c(F)cccc2F)c1. The molecule has 21 heavy (non-hydrogen) atoms. The fourth-order valence-corrected chi connectivity index (χ4v) is 2.07. The van der Waals surface area contributed by atoms with Gasteiger partial charge in [0.2, 0.25) is 0 Å². The van der Waals surface area contributed by atoms with E-state index in [1.165, 1.54) is 6.07 Å². The van der Waals surface area contributed by atoms with Crippen LogP contribution in [0, 0.1) is 11.6 Å². The molecule has 0 saturated heterocycles. The van der Waals surface area contributed by atoms with Crippen molar-refractivity contribution in [3.63, 3.8) is 0 Å². The maximum atomic E-state index is 13.5. The highest BCUT2D eigenvalue weighted by Gasteiger charge is 2.17. The fraction of sp³-hybridized carbons (Fsp3) is 0.250. The predicted molar refractivity (Wildman–Crippen MR) is 76.0 cm³/mol. The number of methoxy groups -OCH3 is 1. The second kappa shape index (κ2) is 7.15. The van der Waals surface area contributed by atoms with Crippen LogP contribution in [0.2, 0.25) is 0 Å². The number of benzene rings is 2. The van der Waals surface area contributed by atoms with Crippen LogP contribution in [0.4, 0.5) is 8.78 Å². The number of rotatable bonds is 6. The molecule has 0 saturated carbocycles. The van der Waals surface area contributed by atoms with Crippen LogP contribution in [0.15, 0.2) is 42.5 Å². The lowest BCUT2D eigenvalue weighted by Gasteiger charge is -2.14. The van der Waals surface area contributed by atoms with E-state index in [2.05, 4.69) is 5.32 Å². The third kappa shape index (κ3) is 4.00. The van der Waals surface area contributed by atoms with Gasteiger partial charge in [0, 0.05) is 13.1 Å². The van der Waals surface area contributed by atoms with E-state index < -0.39 is 17.7 Å². The minimum Gasteiger partial charge on any atom is -0.497 e. The Bertz CT molecular complexity index is 584. The third-order valence-electron chi connectivity index (χ3n) is 3.13. The molecule has 0 radical (unpaired) electrons. The molecule has 0 bridgehead atoms. The van der Waals surface area contributed by atoms with E-state index in [4.69, 9.17) is 4.74 Å². The van der Waals surface area contributed by atoms with Crippen molar-refractivity contribution < 1.29 is 18.6 Å². The quantitative estimate of drug-likeness (QED) is 0.860. The summed E-state index contributed by atoms with van der Waals surface area (Å²) in [6.45, 7) is 0.513. The van der Waals surface area contributed by atoms with E-state index in [9.17, 15) is 13.9 Å². The van der Waals surface area contributed by atoms with Crippen LogP contribution in [0.25, 0.3) is 0 Å². The topological polar surface area (TPSA) is 41.5 Å². The minimum absolute atomic E-state index is 0.0507. The van der Waals surface area contributed by atoms with Gasteiger partial charge in [0.15, 0.2) is 0 Å². The van der Waals surface area contributed by atoms with Crippen molar-refractivity contribution in [2.75, 3.05) is 13.7 Å². The Labute approximate surface area is 122 Å². The Balaban J connectivity index is 1.93. The molecule has 1 atom stereocenters. The summed E-state index contributed by atoms with van der Waals surface area (Å²) in [6, 6.07) is 10.9. The molecule has 2 aromatic rings. The first-order valence-corrected chi connectivity index (χ1v) is 6.57. The van der Waals surface area contributed by atoms with Crippen LogP contribution in [0.1, 0.15) is 17.2 Å². The van der Waals surface area contributed by atoms with Gasteiger partial charge in [0.25, 0.3) is 0 Å². The van der Waals surface area contributed by atoms with Gasteiger partial charge < -0.3 is 15.2 Å². The van der Waals surface area contributed by atoms with Gasteiger partial charge in [-0.2, -0.15) is 0 Å². The molecule has 1 unspecified atom stereocenters. The Morgan fingerprint density at radius 2 is 1.81 bits per heavy atom. The van der Waals surface area contributed by atoms with Gasteiger partial charge in [-0.05, 0) is 29.8 Å². The molecular weight excluding hydrogens is 276 g/mol. The van der Waals surface area contributed by atoms with Crippen LogP contribution in [0.5, 0.6) is 5.75 Å². The summed E-state index contributed by atoms with van der Waals surface area (Å²) in [5.74, 6) is -0.758. The summed E-state index contributed by atoms with van der Waals surface area (Å²) in [4.78, 5) is 0. The maximum absolute atomic E-state index is 13.5. The molecule has 0 aliphatic heterocycles. The molecule has 2 rings (SSSR count). The highest BCUT2D eigenvalue weighted by atomic mass is 19.1. The Morgan fingerprint density at radius 3 is 2.48 bits per heavy atom. The molecule has 0 spiro atoms. The number of aliphatic hydroxyl groups is 1. The normalized spacial score (nSPS) is 12.2. The summed E-state index contributed by atoms with van der Waals surface area (Å²) in [7, 11) is 1.58. The van der Waals surface area contributed by atoms with Crippen molar-refractivity contribution in [3.8, 4) is 5.75 Å². The molecule has 2 N–H and O–H groups in total. The molecule has 0 aliphatic carbocycles. The zero-order valence-corrected chi connectivity index (χ0v) is 11.6. The number of aliphatic hydroxyl groups excluding tert-OH is 1. The first-order valence-electron chi connectivity index (χ1n) is 6.57. The van der Waals surface area contributed by atoms with Crippen molar-refractivity contribution >= 4 is 0 Å². The van der Waals surface area contributed by atoms with Crippen molar-refractivity contribution in [1.82, 2.24) is 5.32 Å². The lowest BCUT2D eigenvalue weighted by Crippen LogP contribution is -2.22. The minimum atomic E-state index is -1.24. The van der Waals surface area contributed by atoms with Gasteiger partial charge in [0.05, 0.1) is 18.8 Å². The van der Waals surface area contributed by atoms with Crippen molar-refractivity contribution in [2.24, 2.45) is 0 Å². The zero-order chi connectivity index (χ0) is 15.2. The highest BCUT2D eigenvalue weighted by Crippen LogP contribution is 2.20. The zero-order valence-electron chi connectivity index (χ0n) is 11.6.